The van der Waals surface area contributed by atoms with Crippen LogP contribution in [0.4, 0.5) is 0 Å². The van der Waals surface area contributed by atoms with Crippen LogP contribution in [0.5, 0.6) is 0 Å². The summed E-state index contributed by atoms with van der Waals surface area (Å²) in [5.74, 6) is 0.622. The maximum Gasteiger partial charge on any atom is 0.251 e. The Labute approximate surface area is 74.7 Å². The zero-order valence-electron chi connectivity index (χ0n) is 7.16. The van der Waals surface area contributed by atoms with E-state index >= 15 is 0 Å². The number of aromatic amines is 2. The van der Waals surface area contributed by atoms with Crippen LogP contribution in [0.15, 0.2) is 29.2 Å². The summed E-state index contributed by atoms with van der Waals surface area (Å²) in [6, 6.07) is 5.22. The van der Waals surface area contributed by atoms with Crippen LogP contribution in [0.2, 0.25) is 0 Å². The van der Waals surface area contributed by atoms with Crippen molar-refractivity contribution in [1.82, 2.24) is 15.0 Å². The Bertz CT molecular complexity index is 456. The number of hydrogen-bond donors (Lipinski definition) is 2. The summed E-state index contributed by atoms with van der Waals surface area (Å²) in [7, 11) is 0. The number of aryl methyl sites for hydroxylation is 1. The van der Waals surface area contributed by atoms with E-state index in [1.54, 1.807) is 13.1 Å². The largest absolute Gasteiger partial charge is 0.360 e. The zero-order valence-corrected chi connectivity index (χ0v) is 7.16. The Kier molecular flexibility index (Phi) is 1.73. The number of H-pyrrole nitrogens is 2. The molecule has 4 heteroatoms. The fourth-order valence-electron chi connectivity index (χ4n) is 1.21. The van der Waals surface area contributed by atoms with Crippen LogP contribution >= 0.6 is 0 Å². The van der Waals surface area contributed by atoms with E-state index < -0.39 is 0 Å². The van der Waals surface area contributed by atoms with Gasteiger partial charge in [0.15, 0.2) is 0 Å². The standard InChI is InChI=1S/C9H9N3O/c1-6-11-8(5-9(13)12-6)7-3-2-4-10-7/h2-5,10H,1H3,(H,11,12,13). The average molecular weight is 175 g/mol. The highest BCUT2D eigenvalue weighted by molar-refractivity contribution is 5.53. The fourth-order valence-corrected chi connectivity index (χ4v) is 1.21. The second kappa shape index (κ2) is 2.90. The molecule has 66 valence electrons. The molecule has 2 aromatic rings. The molecule has 0 spiro atoms. The van der Waals surface area contributed by atoms with Crippen molar-refractivity contribution >= 4 is 0 Å². The third-order valence-electron chi connectivity index (χ3n) is 1.73. The molecule has 0 saturated heterocycles. The molecule has 0 atom stereocenters. The molecular weight excluding hydrogens is 166 g/mol. The summed E-state index contributed by atoms with van der Waals surface area (Å²) in [5, 5.41) is 0. The van der Waals surface area contributed by atoms with Gasteiger partial charge in [-0.1, -0.05) is 0 Å². The number of nitrogens with one attached hydrogen (secondary N) is 2. The maximum absolute atomic E-state index is 11.1. The summed E-state index contributed by atoms with van der Waals surface area (Å²) in [4.78, 5) is 20.9. The Morgan fingerprint density at radius 2 is 2.31 bits per heavy atom. The third-order valence-corrected chi connectivity index (χ3v) is 1.73. The minimum Gasteiger partial charge on any atom is -0.360 e. The molecule has 2 aromatic heterocycles. The Balaban J connectivity index is 2.59. The summed E-state index contributed by atoms with van der Waals surface area (Å²) in [6.07, 6.45) is 1.80. The molecule has 0 aromatic carbocycles. The first-order valence-electron chi connectivity index (χ1n) is 3.97. The number of hydrogen-bond acceptors (Lipinski definition) is 2. The first kappa shape index (κ1) is 7.79. The lowest BCUT2D eigenvalue weighted by Gasteiger charge is -1.97. The highest BCUT2D eigenvalue weighted by Crippen LogP contribution is 2.10. The van der Waals surface area contributed by atoms with Crippen molar-refractivity contribution in [3.8, 4) is 11.4 Å². The van der Waals surface area contributed by atoms with Crippen LogP contribution < -0.4 is 5.56 Å². The molecule has 4 nitrogen and oxygen atoms in total. The lowest BCUT2D eigenvalue weighted by Crippen LogP contribution is -2.08. The van der Waals surface area contributed by atoms with Gasteiger partial charge in [0.2, 0.25) is 0 Å². The maximum atomic E-state index is 11.1. The molecule has 0 amide bonds. The molecule has 2 heterocycles. The number of aromatic nitrogens is 3. The van der Waals surface area contributed by atoms with Gasteiger partial charge in [0.25, 0.3) is 5.56 Å². The van der Waals surface area contributed by atoms with E-state index in [9.17, 15) is 4.79 Å². The van der Waals surface area contributed by atoms with E-state index in [2.05, 4.69) is 15.0 Å². The Morgan fingerprint density at radius 1 is 1.46 bits per heavy atom. The van der Waals surface area contributed by atoms with Gasteiger partial charge in [0.1, 0.15) is 5.82 Å². The van der Waals surface area contributed by atoms with Crippen LogP contribution in [0, 0.1) is 6.92 Å². The van der Waals surface area contributed by atoms with Crippen LogP contribution in [0.1, 0.15) is 5.82 Å². The minimum absolute atomic E-state index is 0.128. The summed E-state index contributed by atoms with van der Waals surface area (Å²) in [5.41, 5.74) is 1.40. The van der Waals surface area contributed by atoms with Gasteiger partial charge in [-0.2, -0.15) is 0 Å². The molecule has 2 N–H and O–H groups in total. The smallest absolute Gasteiger partial charge is 0.251 e. The van der Waals surface area contributed by atoms with Gasteiger partial charge in [-0.15, -0.1) is 0 Å². The van der Waals surface area contributed by atoms with Gasteiger partial charge in [0, 0.05) is 12.3 Å². The van der Waals surface area contributed by atoms with Gasteiger partial charge in [-0.05, 0) is 19.1 Å². The van der Waals surface area contributed by atoms with Gasteiger partial charge in [-0.3, -0.25) is 4.79 Å². The van der Waals surface area contributed by atoms with Gasteiger partial charge < -0.3 is 9.97 Å². The normalized spacial score (nSPS) is 10.2. The number of nitrogens with zero attached hydrogens (tertiary/aromatic N) is 1. The van der Waals surface area contributed by atoms with Crippen molar-refractivity contribution < 1.29 is 0 Å². The first-order chi connectivity index (χ1) is 6.25. The molecule has 0 aliphatic carbocycles. The molecule has 0 fully saturated rings. The molecular formula is C9H9N3O. The predicted octanol–water partition coefficient (Wildman–Crippen LogP) is 1.07. The molecule has 0 unspecified atom stereocenters. The summed E-state index contributed by atoms with van der Waals surface area (Å²) < 4.78 is 0. The SMILES string of the molecule is Cc1nc(-c2ccc[nH]2)cc(=O)[nH]1. The fraction of sp³-hybridized carbons (Fsp3) is 0.111. The highest BCUT2D eigenvalue weighted by Gasteiger charge is 2.00. The van der Waals surface area contributed by atoms with Gasteiger partial charge >= 0.3 is 0 Å². The van der Waals surface area contributed by atoms with Crippen molar-refractivity contribution in [2.24, 2.45) is 0 Å². The molecule has 0 radical (unpaired) electrons. The van der Waals surface area contributed by atoms with Crippen LogP contribution in [-0.4, -0.2) is 15.0 Å². The highest BCUT2D eigenvalue weighted by atomic mass is 16.1. The zero-order chi connectivity index (χ0) is 9.26. The average Bonchev–Trinajstić information content (AvgIpc) is 2.53. The van der Waals surface area contributed by atoms with E-state index in [1.165, 1.54) is 6.07 Å². The van der Waals surface area contributed by atoms with Crippen molar-refractivity contribution in [2.75, 3.05) is 0 Å². The second-order valence-corrected chi connectivity index (χ2v) is 2.80. The van der Waals surface area contributed by atoms with E-state index in [0.717, 1.165) is 5.69 Å². The summed E-state index contributed by atoms with van der Waals surface area (Å²) >= 11 is 0. The summed E-state index contributed by atoms with van der Waals surface area (Å²) in [6.45, 7) is 1.76. The molecule has 2 rings (SSSR count). The van der Waals surface area contributed by atoms with Crippen LogP contribution in [0.3, 0.4) is 0 Å². The predicted molar refractivity (Wildman–Crippen MR) is 49.4 cm³/mol. The second-order valence-electron chi connectivity index (χ2n) is 2.80. The van der Waals surface area contributed by atoms with Gasteiger partial charge in [-0.25, -0.2) is 4.98 Å². The van der Waals surface area contributed by atoms with Crippen molar-refractivity contribution in [3.05, 3.63) is 40.6 Å². The van der Waals surface area contributed by atoms with Gasteiger partial charge in [0.05, 0.1) is 11.4 Å². The lowest BCUT2D eigenvalue weighted by atomic mass is 10.3. The Hall–Kier alpha value is -1.84. The molecule has 0 bridgehead atoms. The van der Waals surface area contributed by atoms with Crippen LogP contribution in [0.25, 0.3) is 11.4 Å². The molecule has 0 aliphatic heterocycles. The van der Waals surface area contributed by atoms with Crippen molar-refractivity contribution in [1.29, 1.82) is 0 Å². The third kappa shape index (κ3) is 1.51. The topological polar surface area (TPSA) is 61.5 Å². The lowest BCUT2D eigenvalue weighted by molar-refractivity contribution is 1.02. The van der Waals surface area contributed by atoms with Crippen molar-refractivity contribution in [2.45, 2.75) is 6.92 Å². The first-order valence-corrected chi connectivity index (χ1v) is 3.97. The molecule has 13 heavy (non-hydrogen) atoms. The van der Waals surface area contributed by atoms with Crippen LogP contribution in [-0.2, 0) is 0 Å². The Morgan fingerprint density at radius 3 is 2.92 bits per heavy atom. The van der Waals surface area contributed by atoms with E-state index in [-0.39, 0.29) is 5.56 Å². The van der Waals surface area contributed by atoms with Crippen molar-refractivity contribution in [3.63, 3.8) is 0 Å². The van der Waals surface area contributed by atoms with E-state index in [0.29, 0.717) is 11.5 Å². The molecule has 0 aliphatic rings. The van der Waals surface area contributed by atoms with E-state index in [1.807, 2.05) is 12.1 Å². The quantitative estimate of drug-likeness (QED) is 0.681. The van der Waals surface area contributed by atoms with E-state index in [4.69, 9.17) is 0 Å². The molecule has 0 saturated carbocycles. The minimum atomic E-state index is -0.128. The number of rotatable bonds is 1. The monoisotopic (exact) mass is 175 g/mol.